The van der Waals surface area contributed by atoms with Crippen LogP contribution in [0.3, 0.4) is 0 Å². The molecule has 0 aliphatic carbocycles. The molecule has 4 nitrogen and oxygen atoms in total. The summed E-state index contributed by atoms with van der Waals surface area (Å²) in [6.07, 6.45) is 5.34. The van der Waals surface area contributed by atoms with Crippen molar-refractivity contribution in [2.24, 2.45) is 0 Å². The van der Waals surface area contributed by atoms with Crippen LogP contribution >= 0.6 is 0 Å². The summed E-state index contributed by atoms with van der Waals surface area (Å²) in [5.74, 6) is 2.32. The Kier molecular flexibility index (Phi) is 1.93. The molecule has 0 aliphatic rings. The van der Waals surface area contributed by atoms with Crippen molar-refractivity contribution in [3.8, 4) is 17.3 Å². The molecule has 3 heterocycles. The molecule has 4 heteroatoms. The number of methoxy groups -OCH3 is 1. The molecule has 0 saturated carbocycles. The Bertz CT molecular complexity index is 611. The average Bonchev–Trinajstić information content (AvgIpc) is 2.96. The summed E-state index contributed by atoms with van der Waals surface area (Å²) in [5, 5.41) is 0. The second kappa shape index (κ2) is 3.41. The summed E-state index contributed by atoms with van der Waals surface area (Å²) in [6, 6.07) is 7.55. The van der Waals surface area contributed by atoms with Crippen molar-refractivity contribution >= 4 is 5.52 Å². The molecule has 0 N–H and O–H groups in total. The number of aromatic nitrogens is 2. The lowest BCUT2D eigenvalue weighted by molar-refractivity contribution is 0.418. The third kappa shape index (κ3) is 1.20. The van der Waals surface area contributed by atoms with Gasteiger partial charge in [0.1, 0.15) is 11.3 Å². The van der Waals surface area contributed by atoms with E-state index < -0.39 is 0 Å². The summed E-state index contributed by atoms with van der Waals surface area (Å²) in [5.41, 5.74) is 0.927. The predicted octanol–water partition coefficient (Wildman–Crippen LogP) is 2.60. The molecular formula is C12H10N2O2. The van der Waals surface area contributed by atoms with Crippen LogP contribution in [0.1, 0.15) is 0 Å². The van der Waals surface area contributed by atoms with Crippen LogP contribution < -0.4 is 4.74 Å². The zero-order valence-electron chi connectivity index (χ0n) is 8.75. The molecule has 0 aromatic carbocycles. The van der Waals surface area contributed by atoms with Crippen molar-refractivity contribution in [3.63, 3.8) is 0 Å². The van der Waals surface area contributed by atoms with Crippen LogP contribution in [0.25, 0.3) is 17.1 Å². The Morgan fingerprint density at radius 1 is 1.31 bits per heavy atom. The second-order valence-corrected chi connectivity index (χ2v) is 3.39. The largest absolute Gasteiger partial charge is 0.494 e. The van der Waals surface area contributed by atoms with Gasteiger partial charge in [-0.05, 0) is 24.3 Å². The van der Waals surface area contributed by atoms with Gasteiger partial charge in [-0.2, -0.15) is 0 Å². The van der Waals surface area contributed by atoms with Gasteiger partial charge in [0.15, 0.2) is 11.6 Å². The third-order valence-electron chi connectivity index (χ3n) is 2.49. The maximum Gasteiger partial charge on any atom is 0.180 e. The molecule has 16 heavy (non-hydrogen) atoms. The van der Waals surface area contributed by atoms with E-state index in [1.54, 1.807) is 19.6 Å². The van der Waals surface area contributed by atoms with E-state index in [0.29, 0.717) is 0 Å². The zero-order valence-corrected chi connectivity index (χ0v) is 8.75. The molecule has 0 radical (unpaired) electrons. The van der Waals surface area contributed by atoms with Crippen molar-refractivity contribution in [1.29, 1.82) is 0 Å². The van der Waals surface area contributed by atoms with Gasteiger partial charge in [0.05, 0.1) is 19.6 Å². The van der Waals surface area contributed by atoms with Gasteiger partial charge < -0.3 is 9.15 Å². The highest BCUT2D eigenvalue weighted by Gasteiger charge is 2.10. The fourth-order valence-corrected chi connectivity index (χ4v) is 1.76. The van der Waals surface area contributed by atoms with Crippen LogP contribution in [0.5, 0.6) is 5.75 Å². The zero-order chi connectivity index (χ0) is 11.0. The number of imidazole rings is 1. The monoisotopic (exact) mass is 214 g/mol. The number of fused-ring (bicyclic) bond motifs is 1. The summed E-state index contributed by atoms with van der Waals surface area (Å²) in [4.78, 5) is 4.34. The smallest absolute Gasteiger partial charge is 0.180 e. The fourth-order valence-electron chi connectivity index (χ4n) is 1.76. The van der Waals surface area contributed by atoms with Gasteiger partial charge in [0.2, 0.25) is 0 Å². The lowest BCUT2D eigenvalue weighted by atomic mass is 10.4. The molecule has 0 saturated heterocycles. The van der Waals surface area contributed by atoms with Gasteiger partial charge >= 0.3 is 0 Å². The van der Waals surface area contributed by atoms with E-state index in [2.05, 4.69) is 4.98 Å². The normalized spacial score (nSPS) is 10.8. The van der Waals surface area contributed by atoms with Crippen LogP contribution in [0.15, 0.2) is 47.3 Å². The van der Waals surface area contributed by atoms with E-state index in [9.17, 15) is 0 Å². The molecule has 0 aliphatic heterocycles. The van der Waals surface area contributed by atoms with Crippen LogP contribution in [-0.4, -0.2) is 16.5 Å². The molecule has 0 spiro atoms. The summed E-state index contributed by atoms with van der Waals surface area (Å²) >= 11 is 0. The first-order chi connectivity index (χ1) is 7.90. The molecule has 3 aromatic heterocycles. The second-order valence-electron chi connectivity index (χ2n) is 3.39. The van der Waals surface area contributed by atoms with E-state index in [0.717, 1.165) is 22.9 Å². The fraction of sp³-hybridized carbons (Fsp3) is 0.0833. The minimum atomic E-state index is 0.744. The van der Waals surface area contributed by atoms with E-state index in [1.807, 2.05) is 34.9 Å². The Hall–Kier alpha value is -2.23. The van der Waals surface area contributed by atoms with Crippen molar-refractivity contribution in [2.75, 3.05) is 7.11 Å². The minimum Gasteiger partial charge on any atom is -0.494 e. The Balaban J connectivity index is 2.29. The van der Waals surface area contributed by atoms with Gasteiger partial charge in [-0.3, -0.25) is 4.40 Å². The van der Waals surface area contributed by atoms with E-state index >= 15 is 0 Å². The first-order valence-electron chi connectivity index (χ1n) is 4.94. The van der Waals surface area contributed by atoms with Gasteiger partial charge in [-0.15, -0.1) is 0 Å². The number of nitrogens with zero attached hydrogens (tertiary/aromatic N) is 2. The predicted molar refractivity (Wildman–Crippen MR) is 59.4 cm³/mol. The molecule has 3 rings (SSSR count). The number of rotatable bonds is 2. The third-order valence-corrected chi connectivity index (χ3v) is 2.49. The summed E-state index contributed by atoms with van der Waals surface area (Å²) in [6.45, 7) is 0. The highest BCUT2D eigenvalue weighted by Crippen LogP contribution is 2.25. The molecule has 80 valence electrons. The SMILES string of the molecule is COc1cccn2c(-c3ccco3)ncc12. The Morgan fingerprint density at radius 2 is 2.25 bits per heavy atom. The summed E-state index contributed by atoms with van der Waals surface area (Å²) < 4.78 is 12.5. The van der Waals surface area contributed by atoms with Gasteiger partial charge in [-0.1, -0.05) is 0 Å². The summed E-state index contributed by atoms with van der Waals surface area (Å²) in [7, 11) is 1.65. The lowest BCUT2D eigenvalue weighted by Gasteiger charge is -2.02. The topological polar surface area (TPSA) is 39.7 Å². The number of furan rings is 1. The van der Waals surface area contributed by atoms with Crippen molar-refractivity contribution in [1.82, 2.24) is 9.38 Å². The van der Waals surface area contributed by atoms with Crippen LogP contribution in [-0.2, 0) is 0 Å². The number of ether oxygens (including phenoxy) is 1. The molecule has 0 bridgehead atoms. The molecule has 3 aromatic rings. The van der Waals surface area contributed by atoms with Crippen molar-refractivity contribution in [3.05, 3.63) is 42.9 Å². The Labute approximate surface area is 92.1 Å². The maximum absolute atomic E-state index is 5.34. The highest BCUT2D eigenvalue weighted by atomic mass is 16.5. The van der Waals surface area contributed by atoms with Crippen LogP contribution in [0.2, 0.25) is 0 Å². The molecular weight excluding hydrogens is 204 g/mol. The minimum absolute atomic E-state index is 0.744. The number of pyridine rings is 1. The van der Waals surface area contributed by atoms with Gasteiger partial charge in [0, 0.05) is 6.20 Å². The van der Waals surface area contributed by atoms with E-state index in [1.165, 1.54) is 0 Å². The first-order valence-corrected chi connectivity index (χ1v) is 4.94. The molecule has 0 fully saturated rings. The highest BCUT2D eigenvalue weighted by molar-refractivity contribution is 5.65. The van der Waals surface area contributed by atoms with Crippen LogP contribution in [0.4, 0.5) is 0 Å². The van der Waals surface area contributed by atoms with Gasteiger partial charge in [-0.25, -0.2) is 4.98 Å². The quantitative estimate of drug-likeness (QED) is 0.658. The standard InChI is InChI=1S/C12H10N2O2/c1-15-10-4-2-6-14-9(10)8-13-12(14)11-5-3-7-16-11/h2-8H,1H3. The molecule has 0 unspecified atom stereocenters. The van der Waals surface area contributed by atoms with Crippen LogP contribution in [0, 0.1) is 0 Å². The van der Waals surface area contributed by atoms with E-state index in [-0.39, 0.29) is 0 Å². The lowest BCUT2D eigenvalue weighted by Crippen LogP contribution is -1.90. The average molecular weight is 214 g/mol. The van der Waals surface area contributed by atoms with Gasteiger partial charge in [0.25, 0.3) is 0 Å². The molecule has 0 atom stereocenters. The number of hydrogen-bond donors (Lipinski definition) is 0. The Morgan fingerprint density at radius 3 is 3.00 bits per heavy atom. The van der Waals surface area contributed by atoms with Crippen molar-refractivity contribution < 1.29 is 9.15 Å². The maximum atomic E-state index is 5.34. The first kappa shape index (κ1) is 9.03. The van der Waals surface area contributed by atoms with E-state index in [4.69, 9.17) is 9.15 Å². The molecule has 0 amide bonds. The number of hydrogen-bond acceptors (Lipinski definition) is 3. The van der Waals surface area contributed by atoms with Crippen molar-refractivity contribution in [2.45, 2.75) is 0 Å².